The second-order valence-corrected chi connectivity index (χ2v) is 7.30. The standard InChI is InChI=1S/C24H20F4N2O2/c1-29(13-15-9-5-3-6-10-15)23(31)17-19(25)21(27)18(22(28)20(17)26)24(32)30(2)14-16-11-7-4-8-12-16/h3-12H,13-14H2,1-2H3. The van der Waals surface area contributed by atoms with Crippen molar-refractivity contribution < 1.29 is 27.2 Å². The number of benzene rings is 3. The lowest BCUT2D eigenvalue weighted by atomic mass is 10.0. The van der Waals surface area contributed by atoms with E-state index in [2.05, 4.69) is 0 Å². The molecule has 0 radical (unpaired) electrons. The Bertz CT molecular complexity index is 1020. The quantitative estimate of drug-likeness (QED) is 0.405. The maximum atomic E-state index is 14.7. The molecule has 3 aromatic carbocycles. The molecule has 3 rings (SSSR count). The van der Waals surface area contributed by atoms with Crippen LogP contribution in [0.5, 0.6) is 0 Å². The third kappa shape index (κ3) is 4.64. The van der Waals surface area contributed by atoms with Gasteiger partial charge < -0.3 is 9.80 Å². The average Bonchev–Trinajstić information content (AvgIpc) is 2.79. The lowest BCUT2D eigenvalue weighted by Crippen LogP contribution is -2.32. The molecule has 0 bridgehead atoms. The van der Waals surface area contributed by atoms with Crippen LogP contribution in [0.4, 0.5) is 17.6 Å². The molecule has 3 aromatic rings. The Kier molecular flexibility index (Phi) is 6.92. The molecular formula is C24H20F4N2O2. The number of halogens is 4. The van der Waals surface area contributed by atoms with Gasteiger partial charge in [0.2, 0.25) is 0 Å². The van der Waals surface area contributed by atoms with E-state index < -0.39 is 46.2 Å². The van der Waals surface area contributed by atoms with Crippen molar-refractivity contribution in [1.82, 2.24) is 9.80 Å². The minimum atomic E-state index is -1.91. The zero-order valence-electron chi connectivity index (χ0n) is 17.4. The Morgan fingerprint density at radius 1 is 0.594 bits per heavy atom. The van der Waals surface area contributed by atoms with Crippen LogP contribution in [0.25, 0.3) is 0 Å². The Morgan fingerprint density at radius 2 is 0.875 bits per heavy atom. The van der Waals surface area contributed by atoms with Crippen LogP contribution in [-0.4, -0.2) is 35.7 Å². The van der Waals surface area contributed by atoms with Crippen molar-refractivity contribution in [1.29, 1.82) is 0 Å². The fourth-order valence-electron chi connectivity index (χ4n) is 3.25. The summed E-state index contributed by atoms with van der Waals surface area (Å²) < 4.78 is 58.8. The van der Waals surface area contributed by atoms with Crippen molar-refractivity contribution in [3.05, 3.63) is 106 Å². The SMILES string of the molecule is CN(Cc1ccccc1)C(=O)c1c(F)c(F)c(C(=O)N(C)Cc2ccccc2)c(F)c1F. The van der Waals surface area contributed by atoms with Crippen LogP contribution in [0.15, 0.2) is 60.7 Å². The molecule has 0 heterocycles. The maximum Gasteiger partial charge on any atom is 0.260 e. The van der Waals surface area contributed by atoms with E-state index in [1.54, 1.807) is 60.7 Å². The van der Waals surface area contributed by atoms with Crippen molar-refractivity contribution in [2.45, 2.75) is 13.1 Å². The van der Waals surface area contributed by atoms with Crippen LogP contribution in [0, 0.1) is 23.3 Å². The second-order valence-electron chi connectivity index (χ2n) is 7.30. The lowest BCUT2D eigenvalue weighted by molar-refractivity contribution is 0.0752. The van der Waals surface area contributed by atoms with E-state index in [1.807, 2.05) is 0 Å². The maximum absolute atomic E-state index is 14.7. The Balaban J connectivity index is 1.91. The summed E-state index contributed by atoms with van der Waals surface area (Å²) in [6, 6.07) is 17.1. The lowest BCUT2D eigenvalue weighted by Gasteiger charge is -2.21. The zero-order chi connectivity index (χ0) is 23.4. The van der Waals surface area contributed by atoms with E-state index >= 15 is 0 Å². The first-order valence-corrected chi connectivity index (χ1v) is 9.67. The Morgan fingerprint density at radius 3 is 1.16 bits per heavy atom. The van der Waals surface area contributed by atoms with Gasteiger partial charge in [-0.15, -0.1) is 0 Å². The highest BCUT2D eigenvalue weighted by molar-refractivity contribution is 5.98. The molecule has 0 saturated heterocycles. The molecule has 8 heteroatoms. The molecule has 0 fully saturated rings. The summed E-state index contributed by atoms with van der Waals surface area (Å²) in [5.41, 5.74) is -1.47. The fraction of sp³-hybridized carbons (Fsp3) is 0.167. The number of carbonyl (C=O) groups is 2. The van der Waals surface area contributed by atoms with Crippen LogP contribution in [0.2, 0.25) is 0 Å². The first-order chi connectivity index (χ1) is 15.2. The van der Waals surface area contributed by atoms with E-state index in [9.17, 15) is 27.2 Å². The van der Waals surface area contributed by atoms with Gasteiger partial charge in [0.1, 0.15) is 11.1 Å². The molecule has 0 aliphatic heterocycles. The second kappa shape index (κ2) is 9.64. The fourth-order valence-corrected chi connectivity index (χ4v) is 3.25. The predicted octanol–water partition coefficient (Wildman–Crippen LogP) is 4.79. The smallest absolute Gasteiger partial charge is 0.260 e. The molecule has 4 nitrogen and oxygen atoms in total. The van der Waals surface area contributed by atoms with E-state index in [0.29, 0.717) is 11.1 Å². The van der Waals surface area contributed by atoms with Gasteiger partial charge in [0.15, 0.2) is 23.3 Å². The summed E-state index contributed by atoms with van der Waals surface area (Å²) in [7, 11) is 2.49. The monoisotopic (exact) mass is 444 g/mol. The predicted molar refractivity (Wildman–Crippen MR) is 111 cm³/mol. The van der Waals surface area contributed by atoms with Gasteiger partial charge in [0, 0.05) is 27.2 Å². The highest BCUT2D eigenvalue weighted by Gasteiger charge is 2.34. The van der Waals surface area contributed by atoms with Crippen molar-refractivity contribution in [3.63, 3.8) is 0 Å². The highest BCUT2D eigenvalue weighted by Crippen LogP contribution is 2.27. The van der Waals surface area contributed by atoms with Gasteiger partial charge in [0.25, 0.3) is 11.8 Å². The number of rotatable bonds is 6. The Labute approximate surface area is 182 Å². The van der Waals surface area contributed by atoms with Crippen LogP contribution in [-0.2, 0) is 13.1 Å². The van der Waals surface area contributed by atoms with Crippen LogP contribution < -0.4 is 0 Å². The highest BCUT2D eigenvalue weighted by atomic mass is 19.2. The number of hydrogen-bond acceptors (Lipinski definition) is 2. The number of hydrogen-bond donors (Lipinski definition) is 0. The van der Waals surface area contributed by atoms with Gasteiger partial charge in [-0.3, -0.25) is 9.59 Å². The van der Waals surface area contributed by atoms with Gasteiger partial charge in [-0.05, 0) is 11.1 Å². The first-order valence-electron chi connectivity index (χ1n) is 9.67. The van der Waals surface area contributed by atoms with Gasteiger partial charge in [-0.2, -0.15) is 0 Å². The number of nitrogens with zero attached hydrogens (tertiary/aromatic N) is 2. The molecule has 2 amide bonds. The molecule has 0 aliphatic rings. The molecular weight excluding hydrogens is 424 g/mol. The van der Waals surface area contributed by atoms with Crippen molar-refractivity contribution >= 4 is 11.8 Å². The third-order valence-corrected chi connectivity index (χ3v) is 4.91. The van der Waals surface area contributed by atoms with E-state index in [1.165, 1.54) is 14.1 Å². The number of amides is 2. The molecule has 32 heavy (non-hydrogen) atoms. The summed E-state index contributed by atoms with van der Waals surface area (Å²) in [5, 5.41) is 0. The zero-order valence-corrected chi connectivity index (χ0v) is 17.4. The van der Waals surface area contributed by atoms with E-state index in [0.717, 1.165) is 9.80 Å². The largest absolute Gasteiger partial charge is 0.337 e. The molecule has 0 saturated carbocycles. The molecule has 0 unspecified atom stereocenters. The molecule has 0 aliphatic carbocycles. The Hall–Kier alpha value is -3.68. The van der Waals surface area contributed by atoms with Crippen LogP contribution in [0.3, 0.4) is 0 Å². The van der Waals surface area contributed by atoms with E-state index in [-0.39, 0.29) is 13.1 Å². The van der Waals surface area contributed by atoms with Crippen molar-refractivity contribution in [2.24, 2.45) is 0 Å². The van der Waals surface area contributed by atoms with Crippen LogP contribution >= 0.6 is 0 Å². The minimum absolute atomic E-state index is 0.0394. The van der Waals surface area contributed by atoms with Crippen molar-refractivity contribution in [2.75, 3.05) is 14.1 Å². The third-order valence-electron chi connectivity index (χ3n) is 4.91. The van der Waals surface area contributed by atoms with Gasteiger partial charge in [-0.1, -0.05) is 60.7 Å². The van der Waals surface area contributed by atoms with Crippen LogP contribution in [0.1, 0.15) is 31.8 Å². The summed E-state index contributed by atoms with van der Waals surface area (Å²) in [6.07, 6.45) is 0. The summed E-state index contributed by atoms with van der Waals surface area (Å²) in [4.78, 5) is 27.0. The first kappa shape index (κ1) is 23.0. The minimum Gasteiger partial charge on any atom is -0.337 e. The topological polar surface area (TPSA) is 40.6 Å². The normalized spacial score (nSPS) is 10.7. The van der Waals surface area contributed by atoms with Crippen molar-refractivity contribution in [3.8, 4) is 0 Å². The summed E-state index contributed by atoms with van der Waals surface area (Å²) >= 11 is 0. The molecule has 0 atom stereocenters. The number of carbonyl (C=O) groups excluding carboxylic acids is 2. The summed E-state index contributed by atoms with van der Waals surface area (Å²) in [5.74, 6) is -10.2. The van der Waals surface area contributed by atoms with Gasteiger partial charge in [0.05, 0.1) is 0 Å². The summed E-state index contributed by atoms with van der Waals surface area (Å²) in [6.45, 7) is -0.0788. The van der Waals surface area contributed by atoms with Gasteiger partial charge >= 0.3 is 0 Å². The molecule has 0 N–H and O–H groups in total. The molecule has 0 aromatic heterocycles. The van der Waals surface area contributed by atoms with E-state index in [4.69, 9.17) is 0 Å². The average molecular weight is 444 g/mol. The van der Waals surface area contributed by atoms with Gasteiger partial charge in [-0.25, -0.2) is 17.6 Å². The molecule has 166 valence electrons. The molecule has 0 spiro atoms.